The zero-order valence-electron chi connectivity index (χ0n) is 33.7. The molecular formula is C45H59N9O4. The first-order valence-corrected chi connectivity index (χ1v) is 21.2. The molecule has 2 aromatic heterocycles. The van der Waals surface area contributed by atoms with Crippen LogP contribution in [0.15, 0.2) is 60.9 Å². The molecule has 4 atom stereocenters. The lowest BCUT2D eigenvalue weighted by atomic mass is 9.83. The Morgan fingerprint density at radius 3 is 1.55 bits per heavy atom. The van der Waals surface area contributed by atoms with Gasteiger partial charge in [-0.1, -0.05) is 62.8 Å². The Balaban J connectivity index is 0.000000177. The van der Waals surface area contributed by atoms with Crippen LogP contribution in [0.3, 0.4) is 0 Å². The molecule has 4 aliphatic rings. The van der Waals surface area contributed by atoms with Crippen molar-refractivity contribution in [3.63, 3.8) is 0 Å². The summed E-state index contributed by atoms with van der Waals surface area (Å²) < 4.78 is 0. The molecule has 0 unspecified atom stereocenters. The average Bonchev–Trinajstić information content (AvgIpc) is 3.21. The second-order valence-corrected chi connectivity index (χ2v) is 16.7. The van der Waals surface area contributed by atoms with E-state index in [9.17, 15) is 19.2 Å². The van der Waals surface area contributed by atoms with Gasteiger partial charge in [0.2, 0.25) is 23.6 Å². The van der Waals surface area contributed by atoms with Crippen molar-refractivity contribution in [2.75, 3.05) is 18.8 Å². The van der Waals surface area contributed by atoms with Crippen LogP contribution >= 0.6 is 0 Å². The number of likely N-dealkylation sites (tertiary alicyclic amines) is 2. The van der Waals surface area contributed by atoms with Gasteiger partial charge in [-0.15, -0.1) is 0 Å². The lowest BCUT2D eigenvalue weighted by Gasteiger charge is -2.42. The van der Waals surface area contributed by atoms with Gasteiger partial charge in [-0.2, -0.15) is 0 Å². The number of hydrogen-bond acceptors (Lipinski definition) is 9. The number of pyridine rings is 2. The summed E-state index contributed by atoms with van der Waals surface area (Å²) in [6.07, 6.45) is 16.0. The first kappa shape index (κ1) is 41.0. The van der Waals surface area contributed by atoms with Gasteiger partial charge in [0.25, 0.3) is 0 Å². The van der Waals surface area contributed by atoms with E-state index in [2.05, 4.69) is 26.7 Å². The van der Waals surface area contributed by atoms with E-state index >= 15 is 0 Å². The number of carbonyl (C=O) groups excluding carboxylic acids is 4. The predicted molar refractivity (Wildman–Crippen MR) is 226 cm³/mol. The number of aromatic nitrogens is 2. The SMILES string of the molecule is Cc1nccc2cc(CNC(=O)[C@@H]3CCN3C(=O)[C@H](N)C3CCCCC3)ccc12.Nc1nccc2cc(CNC(=O)[C@@H]3CCN3C(=O)[C@H](N)C3CCCCC3)ccc12. The van der Waals surface area contributed by atoms with Crippen molar-refractivity contribution < 1.29 is 19.2 Å². The lowest BCUT2D eigenvalue weighted by molar-refractivity contribution is -0.149. The standard InChI is InChI=1S/C23H30N4O2.C22H29N5O2/c1-15-19-8-7-16(13-18(19)9-11-25-15)14-26-22(28)20-10-12-27(20)23(29)21(24)17-5-3-2-4-6-17;23-19(15-4-2-1-3-5-15)22(29)27-11-9-18(27)21(28)26-13-14-6-7-17-16(12-14)8-10-25-20(17)24/h7-9,11,13,17,20-21H,2-6,10,12,14,24H2,1H3,(H,26,28);6-8,10,12,15,18-19H,1-5,9,11,13,23H2,(H2,24,25)(H,26,28)/t20-,21+;18-,19+/m00/s1. The Morgan fingerprint density at radius 2 is 1.09 bits per heavy atom. The average molecular weight is 790 g/mol. The number of carbonyl (C=O) groups is 4. The molecule has 13 nitrogen and oxygen atoms in total. The number of nitrogens with one attached hydrogen (secondary N) is 2. The Labute approximate surface area is 340 Å². The fraction of sp³-hybridized carbons (Fsp3) is 0.511. The van der Waals surface area contributed by atoms with Crippen LogP contribution in [0.1, 0.15) is 93.9 Å². The van der Waals surface area contributed by atoms with E-state index in [-0.39, 0.29) is 41.5 Å². The summed E-state index contributed by atoms with van der Waals surface area (Å²) in [5.41, 5.74) is 21.4. The highest BCUT2D eigenvalue weighted by Crippen LogP contribution is 2.30. The van der Waals surface area contributed by atoms with Crippen LogP contribution in [0.2, 0.25) is 0 Å². The second-order valence-electron chi connectivity index (χ2n) is 16.7. The highest BCUT2D eigenvalue weighted by Gasteiger charge is 2.42. The van der Waals surface area contributed by atoms with Crippen molar-refractivity contribution in [2.45, 2.75) is 121 Å². The summed E-state index contributed by atoms with van der Waals surface area (Å²) in [4.78, 5) is 62.6. The third kappa shape index (κ3) is 9.26. The van der Waals surface area contributed by atoms with Crippen LogP contribution in [0.5, 0.6) is 0 Å². The number of hydrogen-bond donors (Lipinski definition) is 5. The van der Waals surface area contributed by atoms with Gasteiger partial charge in [-0.05, 0) is 103 Å². The minimum atomic E-state index is -0.481. The van der Waals surface area contributed by atoms with Crippen LogP contribution in [0.4, 0.5) is 5.82 Å². The monoisotopic (exact) mass is 789 g/mol. The molecule has 13 heteroatoms. The van der Waals surface area contributed by atoms with Crippen molar-refractivity contribution in [2.24, 2.45) is 23.3 Å². The van der Waals surface area contributed by atoms with Crippen LogP contribution in [-0.4, -0.2) is 80.7 Å². The fourth-order valence-electron chi connectivity index (χ4n) is 9.08. The number of anilines is 1. The molecule has 4 fully saturated rings. The fourth-order valence-corrected chi connectivity index (χ4v) is 9.08. The Hall–Kier alpha value is -5.14. The molecular weight excluding hydrogens is 731 g/mol. The van der Waals surface area contributed by atoms with E-state index in [1.165, 1.54) is 12.8 Å². The minimum absolute atomic E-state index is 0.0584. The zero-order valence-corrected chi connectivity index (χ0v) is 33.7. The second kappa shape index (κ2) is 18.6. The Kier molecular flexibility index (Phi) is 13.2. The number of nitrogens with two attached hydrogens (primary N) is 3. The molecule has 2 saturated heterocycles. The number of nitrogen functional groups attached to an aromatic ring is 1. The number of fused-ring (bicyclic) bond motifs is 2. The van der Waals surface area contributed by atoms with Gasteiger partial charge in [0, 0.05) is 55.0 Å². The first-order chi connectivity index (χ1) is 28.1. The summed E-state index contributed by atoms with van der Waals surface area (Å²) >= 11 is 0. The molecule has 8 rings (SSSR count). The molecule has 0 radical (unpaired) electrons. The minimum Gasteiger partial charge on any atom is -0.383 e. The van der Waals surface area contributed by atoms with Gasteiger partial charge in [-0.25, -0.2) is 4.98 Å². The maximum absolute atomic E-state index is 12.8. The van der Waals surface area contributed by atoms with Crippen LogP contribution in [0.25, 0.3) is 21.5 Å². The van der Waals surface area contributed by atoms with Gasteiger partial charge in [0.15, 0.2) is 0 Å². The van der Waals surface area contributed by atoms with Crippen molar-refractivity contribution in [3.8, 4) is 0 Å². The molecule has 8 N–H and O–H groups in total. The van der Waals surface area contributed by atoms with E-state index in [1.54, 1.807) is 22.2 Å². The molecule has 2 aromatic carbocycles. The summed E-state index contributed by atoms with van der Waals surface area (Å²) in [5, 5.41) is 10.1. The van der Waals surface area contributed by atoms with Gasteiger partial charge in [0.05, 0.1) is 12.1 Å². The normalized spacial score (nSPS) is 20.9. The third-order valence-electron chi connectivity index (χ3n) is 12.9. The lowest BCUT2D eigenvalue weighted by Crippen LogP contribution is -2.62. The summed E-state index contributed by atoms with van der Waals surface area (Å²) in [6, 6.07) is 14.1. The van der Waals surface area contributed by atoms with Crippen LogP contribution < -0.4 is 27.8 Å². The van der Waals surface area contributed by atoms with E-state index in [1.807, 2.05) is 49.4 Å². The van der Waals surface area contributed by atoms with E-state index < -0.39 is 18.1 Å². The number of nitrogens with zero attached hydrogens (tertiary/aromatic N) is 4. The Morgan fingerprint density at radius 1 is 0.638 bits per heavy atom. The van der Waals surface area contributed by atoms with Crippen molar-refractivity contribution in [1.29, 1.82) is 0 Å². The predicted octanol–water partition coefficient (Wildman–Crippen LogP) is 4.61. The first-order valence-electron chi connectivity index (χ1n) is 21.2. The summed E-state index contributed by atoms with van der Waals surface area (Å²) in [5.74, 6) is 0.669. The van der Waals surface area contributed by atoms with E-state index in [4.69, 9.17) is 17.2 Å². The summed E-state index contributed by atoms with van der Waals surface area (Å²) in [6.45, 7) is 4.08. The molecule has 2 saturated carbocycles. The van der Waals surface area contributed by atoms with Gasteiger partial charge < -0.3 is 37.6 Å². The van der Waals surface area contributed by atoms with Crippen molar-refractivity contribution in [1.82, 2.24) is 30.4 Å². The van der Waals surface area contributed by atoms with E-state index in [0.29, 0.717) is 44.8 Å². The molecule has 2 aliphatic carbocycles. The zero-order chi connectivity index (χ0) is 40.8. The molecule has 308 valence electrons. The van der Waals surface area contributed by atoms with Crippen LogP contribution in [-0.2, 0) is 32.3 Å². The molecule has 58 heavy (non-hydrogen) atoms. The molecule has 4 amide bonds. The number of benzene rings is 2. The highest BCUT2D eigenvalue weighted by atomic mass is 16.2. The maximum atomic E-state index is 12.8. The maximum Gasteiger partial charge on any atom is 0.243 e. The molecule has 2 aliphatic heterocycles. The molecule has 0 bridgehead atoms. The van der Waals surface area contributed by atoms with E-state index in [0.717, 1.165) is 89.7 Å². The van der Waals surface area contributed by atoms with Crippen molar-refractivity contribution >= 4 is 51.0 Å². The molecule has 4 aromatic rings. The van der Waals surface area contributed by atoms with Gasteiger partial charge in [0.1, 0.15) is 17.9 Å². The quantitative estimate of drug-likeness (QED) is 0.152. The van der Waals surface area contributed by atoms with Gasteiger partial charge >= 0.3 is 0 Å². The highest BCUT2D eigenvalue weighted by molar-refractivity contribution is 5.93. The van der Waals surface area contributed by atoms with Crippen LogP contribution in [0, 0.1) is 18.8 Å². The van der Waals surface area contributed by atoms with Crippen molar-refractivity contribution in [3.05, 3.63) is 77.7 Å². The third-order valence-corrected chi connectivity index (χ3v) is 12.9. The largest absolute Gasteiger partial charge is 0.383 e. The summed E-state index contributed by atoms with van der Waals surface area (Å²) in [7, 11) is 0. The molecule has 0 spiro atoms. The Bertz CT molecular complexity index is 1970. The number of aryl methyl sites for hydroxylation is 1. The molecule has 4 heterocycles. The topological polar surface area (TPSA) is 203 Å². The number of rotatable bonds is 10. The van der Waals surface area contributed by atoms with Gasteiger partial charge in [-0.3, -0.25) is 24.2 Å². The number of amides is 4. The smallest absolute Gasteiger partial charge is 0.243 e.